The van der Waals surface area contributed by atoms with Gasteiger partial charge in [0.25, 0.3) is 5.91 Å². The molecule has 1 aromatic rings. The van der Waals surface area contributed by atoms with Gasteiger partial charge >= 0.3 is 0 Å². The van der Waals surface area contributed by atoms with Gasteiger partial charge in [0.2, 0.25) is 0 Å². The van der Waals surface area contributed by atoms with E-state index < -0.39 is 5.82 Å². The minimum Gasteiger partial charge on any atom is -0.376 e. The Morgan fingerprint density at radius 1 is 1.44 bits per heavy atom. The van der Waals surface area contributed by atoms with Crippen molar-refractivity contribution in [3.63, 3.8) is 0 Å². The third-order valence-corrected chi connectivity index (χ3v) is 2.73. The maximum atomic E-state index is 12.9. The lowest BCUT2D eigenvalue weighted by molar-refractivity contribution is -0.0593. The molecule has 1 aromatic carbocycles. The Morgan fingerprint density at radius 2 is 2.06 bits per heavy atom. The second-order valence-electron chi connectivity index (χ2n) is 4.14. The van der Waals surface area contributed by atoms with Crippen LogP contribution in [-0.2, 0) is 4.74 Å². The molecule has 1 amide bonds. The van der Waals surface area contributed by atoms with E-state index in [2.05, 4.69) is 5.32 Å². The molecule has 0 unspecified atom stereocenters. The highest BCUT2D eigenvalue weighted by molar-refractivity contribution is 6.31. The first kappa shape index (κ1) is 14.9. The fourth-order valence-corrected chi connectivity index (χ4v) is 1.64. The van der Waals surface area contributed by atoms with E-state index in [4.69, 9.17) is 16.3 Å². The molecule has 18 heavy (non-hydrogen) atoms. The van der Waals surface area contributed by atoms with Crippen LogP contribution in [0.3, 0.4) is 0 Å². The molecule has 3 nitrogen and oxygen atoms in total. The quantitative estimate of drug-likeness (QED) is 0.899. The summed E-state index contributed by atoms with van der Waals surface area (Å²) in [6.07, 6.45) is 0. The minimum absolute atomic E-state index is 0.0531. The summed E-state index contributed by atoms with van der Waals surface area (Å²) in [5.41, 5.74) is 0.0253. The molecule has 0 spiro atoms. The molecule has 100 valence electrons. The molecule has 1 heterocycles. The van der Waals surface area contributed by atoms with Crippen molar-refractivity contribution >= 4 is 17.5 Å². The summed E-state index contributed by atoms with van der Waals surface area (Å²) in [5, 5.41) is 2.76. The van der Waals surface area contributed by atoms with E-state index in [9.17, 15) is 9.18 Å². The predicted molar refractivity (Wildman–Crippen MR) is 69.4 cm³/mol. The molecule has 5 heteroatoms. The van der Waals surface area contributed by atoms with Gasteiger partial charge in [0.05, 0.1) is 23.8 Å². The van der Waals surface area contributed by atoms with E-state index in [-0.39, 0.29) is 16.5 Å². The van der Waals surface area contributed by atoms with Gasteiger partial charge in [-0.15, -0.1) is 0 Å². The van der Waals surface area contributed by atoms with Gasteiger partial charge < -0.3 is 10.1 Å². The Balaban J connectivity index is 0.000000771. The van der Waals surface area contributed by atoms with Crippen LogP contribution in [0.2, 0.25) is 5.02 Å². The summed E-state index contributed by atoms with van der Waals surface area (Å²) >= 11 is 5.60. The lowest BCUT2D eigenvalue weighted by atomic mass is 10.00. The van der Waals surface area contributed by atoms with Crippen molar-refractivity contribution in [1.82, 2.24) is 5.32 Å². The number of carbonyl (C=O) groups is 1. The maximum Gasteiger partial charge on any atom is 0.251 e. The molecule has 1 aliphatic rings. The van der Waals surface area contributed by atoms with Crippen LogP contribution in [0, 0.1) is 5.82 Å². The van der Waals surface area contributed by atoms with Gasteiger partial charge in [-0.05, 0) is 25.1 Å². The third-order valence-electron chi connectivity index (χ3n) is 2.44. The SMILES string of the molecule is CC.CC1(NC(=O)c2ccc(F)c(Cl)c2)COC1. The van der Waals surface area contributed by atoms with Gasteiger partial charge in [-0.2, -0.15) is 0 Å². The van der Waals surface area contributed by atoms with Gasteiger partial charge in [-0.3, -0.25) is 4.79 Å². The minimum atomic E-state index is -0.531. The van der Waals surface area contributed by atoms with Crippen LogP contribution in [0.1, 0.15) is 31.1 Å². The molecule has 1 aliphatic heterocycles. The Hall–Kier alpha value is -1.13. The van der Waals surface area contributed by atoms with E-state index in [0.29, 0.717) is 18.8 Å². The topological polar surface area (TPSA) is 38.3 Å². The van der Waals surface area contributed by atoms with Crippen molar-refractivity contribution in [2.75, 3.05) is 13.2 Å². The van der Waals surface area contributed by atoms with E-state index in [1.165, 1.54) is 18.2 Å². The standard InChI is InChI=1S/C11H11ClFNO2.C2H6/c1-11(5-16-6-11)14-10(15)7-2-3-9(13)8(12)4-7;1-2/h2-4H,5-6H2,1H3,(H,14,15);1-2H3. The fourth-order valence-electron chi connectivity index (χ4n) is 1.46. The Bertz CT molecular complexity index is 433. The second-order valence-corrected chi connectivity index (χ2v) is 4.54. The number of carbonyl (C=O) groups excluding carboxylic acids is 1. The number of hydrogen-bond donors (Lipinski definition) is 1. The molecule has 0 aromatic heterocycles. The first-order valence-electron chi connectivity index (χ1n) is 5.85. The zero-order valence-corrected chi connectivity index (χ0v) is 11.5. The summed E-state index contributed by atoms with van der Waals surface area (Å²) in [5.74, 6) is -0.802. The van der Waals surface area contributed by atoms with Crippen LogP contribution in [0.4, 0.5) is 4.39 Å². The number of rotatable bonds is 2. The number of ether oxygens (including phenoxy) is 1. The van der Waals surface area contributed by atoms with Crippen LogP contribution < -0.4 is 5.32 Å². The number of benzene rings is 1. The van der Waals surface area contributed by atoms with Gasteiger partial charge in [0, 0.05) is 5.56 Å². The number of amides is 1. The molecule has 1 saturated heterocycles. The Morgan fingerprint density at radius 3 is 2.50 bits per heavy atom. The number of hydrogen-bond acceptors (Lipinski definition) is 2. The fraction of sp³-hybridized carbons (Fsp3) is 0.462. The van der Waals surface area contributed by atoms with Crippen LogP contribution in [0.5, 0.6) is 0 Å². The second kappa shape index (κ2) is 6.16. The smallest absolute Gasteiger partial charge is 0.251 e. The molecule has 0 bridgehead atoms. The normalized spacial score (nSPS) is 16.1. The monoisotopic (exact) mass is 273 g/mol. The maximum absolute atomic E-state index is 12.9. The molecule has 0 atom stereocenters. The average Bonchev–Trinajstić information content (AvgIpc) is 2.33. The van der Waals surface area contributed by atoms with Crippen molar-refractivity contribution < 1.29 is 13.9 Å². The highest BCUT2D eigenvalue weighted by atomic mass is 35.5. The summed E-state index contributed by atoms with van der Waals surface area (Å²) in [6, 6.07) is 3.89. The van der Waals surface area contributed by atoms with Crippen molar-refractivity contribution in [2.45, 2.75) is 26.3 Å². The van der Waals surface area contributed by atoms with Crippen molar-refractivity contribution in [1.29, 1.82) is 0 Å². The molecule has 1 N–H and O–H groups in total. The van der Waals surface area contributed by atoms with Crippen LogP contribution >= 0.6 is 11.6 Å². The van der Waals surface area contributed by atoms with Crippen LogP contribution in [-0.4, -0.2) is 24.7 Å². The molecular formula is C13H17ClFNO2. The average molecular weight is 274 g/mol. The third kappa shape index (κ3) is 3.43. The summed E-state index contributed by atoms with van der Waals surface area (Å²) < 4.78 is 17.9. The van der Waals surface area contributed by atoms with E-state index in [1.807, 2.05) is 20.8 Å². The van der Waals surface area contributed by atoms with Crippen molar-refractivity contribution in [3.8, 4) is 0 Å². The van der Waals surface area contributed by atoms with Crippen LogP contribution in [0.15, 0.2) is 18.2 Å². The van der Waals surface area contributed by atoms with Gasteiger partial charge in [0.15, 0.2) is 0 Å². The molecule has 2 rings (SSSR count). The largest absolute Gasteiger partial charge is 0.376 e. The summed E-state index contributed by atoms with van der Waals surface area (Å²) in [7, 11) is 0. The van der Waals surface area contributed by atoms with E-state index in [0.717, 1.165) is 0 Å². The summed E-state index contributed by atoms with van der Waals surface area (Å²) in [6.45, 7) is 6.88. The number of halogens is 2. The molecular weight excluding hydrogens is 257 g/mol. The van der Waals surface area contributed by atoms with Gasteiger partial charge in [-0.25, -0.2) is 4.39 Å². The Labute approximate surface area is 111 Å². The van der Waals surface area contributed by atoms with E-state index >= 15 is 0 Å². The lowest BCUT2D eigenvalue weighted by Crippen LogP contribution is -2.59. The van der Waals surface area contributed by atoms with Crippen molar-refractivity contribution in [2.24, 2.45) is 0 Å². The number of nitrogens with one attached hydrogen (secondary N) is 1. The molecule has 0 radical (unpaired) electrons. The highest BCUT2D eigenvalue weighted by Crippen LogP contribution is 2.19. The van der Waals surface area contributed by atoms with Gasteiger partial charge in [0.1, 0.15) is 5.82 Å². The molecule has 0 aliphatic carbocycles. The first-order valence-corrected chi connectivity index (χ1v) is 6.23. The van der Waals surface area contributed by atoms with Crippen molar-refractivity contribution in [3.05, 3.63) is 34.6 Å². The zero-order chi connectivity index (χ0) is 13.8. The predicted octanol–water partition coefficient (Wildman–Crippen LogP) is 3.02. The first-order chi connectivity index (χ1) is 8.50. The van der Waals surface area contributed by atoms with Crippen LogP contribution in [0.25, 0.3) is 0 Å². The molecule has 1 fully saturated rings. The zero-order valence-electron chi connectivity index (χ0n) is 10.7. The summed E-state index contributed by atoms with van der Waals surface area (Å²) in [4.78, 5) is 11.8. The highest BCUT2D eigenvalue weighted by Gasteiger charge is 2.35. The Kier molecular flexibility index (Phi) is 5.11. The lowest BCUT2D eigenvalue weighted by Gasteiger charge is -2.38. The molecule has 0 saturated carbocycles. The van der Waals surface area contributed by atoms with Gasteiger partial charge in [-0.1, -0.05) is 25.4 Å². The van der Waals surface area contributed by atoms with E-state index in [1.54, 1.807) is 0 Å².